The number of hydrogen-bond acceptors (Lipinski definition) is 9. The summed E-state index contributed by atoms with van der Waals surface area (Å²) >= 11 is 6.04. The maximum atomic E-state index is 11.6. The third kappa shape index (κ3) is 7.78. The first-order valence-electron chi connectivity index (χ1n) is 7.07. The summed E-state index contributed by atoms with van der Waals surface area (Å²) in [7, 11) is 0. The van der Waals surface area contributed by atoms with Crippen molar-refractivity contribution in [3.8, 4) is 0 Å². The molecule has 0 radical (unpaired) electrons. The maximum absolute atomic E-state index is 11.6. The average molecular weight is 385 g/mol. The Morgan fingerprint density at radius 1 is 0.591 bits per heavy atom. The third-order valence-corrected chi connectivity index (χ3v) is 7.57. The van der Waals surface area contributed by atoms with Gasteiger partial charge in [-0.25, -0.2) is 0 Å². The molecule has 1 aliphatic rings. The molecule has 9 heteroatoms. The van der Waals surface area contributed by atoms with Crippen molar-refractivity contribution in [2.75, 3.05) is 64.4 Å². The zero-order valence-electron chi connectivity index (χ0n) is 12.2. The Bertz CT molecular complexity index is 423. The molecule has 22 heavy (non-hydrogen) atoms. The Hall–Kier alpha value is 0.390. The van der Waals surface area contributed by atoms with Crippen LogP contribution in [-0.2, 0) is 18.9 Å². The molecular formula is C13H20O5S4. The molecule has 1 aromatic heterocycles. The second kappa shape index (κ2) is 11.9. The first kappa shape index (κ1) is 18.7. The molecule has 0 saturated heterocycles. The fraction of sp³-hybridized carbons (Fsp3) is 0.769. The summed E-state index contributed by atoms with van der Waals surface area (Å²) < 4.78 is 24.2. The summed E-state index contributed by atoms with van der Waals surface area (Å²) in [6.45, 7) is 4.83. The smallest absolute Gasteiger partial charge is 0.289 e. The van der Waals surface area contributed by atoms with Gasteiger partial charge in [-0.15, -0.1) is 23.5 Å². The van der Waals surface area contributed by atoms with Gasteiger partial charge in [-0.1, -0.05) is 22.7 Å². The zero-order valence-corrected chi connectivity index (χ0v) is 15.5. The van der Waals surface area contributed by atoms with E-state index >= 15 is 0 Å². The molecule has 0 fully saturated rings. The molecule has 5 nitrogen and oxygen atoms in total. The molecule has 0 spiro atoms. The summed E-state index contributed by atoms with van der Waals surface area (Å²) in [5, 5.41) is 0. The molecule has 0 amide bonds. The van der Waals surface area contributed by atoms with Crippen LogP contribution in [0.25, 0.3) is 0 Å². The summed E-state index contributed by atoms with van der Waals surface area (Å²) in [5.41, 5.74) is 0. The second-order valence-electron chi connectivity index (χ2n) is 4.18. The standard InChI is InChI=1S/C13H20O5S4/c14-13-21-11-12(22-13)20-10-8-18-6-4-16-2-1-15-3-5-17-7-9-19-11/h1-10H2. The van der Waals surface area contributed by atoms with Gasteiger partial charge < -0.3 is 18.9 Å². The highest BCUT2D eigenvalue weighted by Gasteiger charge is 2.10. The van der Waals surface area contributed by atoms with Gasteiger partial charge in [0, 0.05) is 11.5 Å². The molecule has 2 heterocycles. The van der Waals surface area contributed by atoms with E-state index < -0.39 is 0 Å². The molecule has 2 rings (SSSR count). The third-order valence-electron chi connectivity index (χ3n) is 2.56. The Morgan fingerprint density at radius 2 is 0.955 bits per heavy atom. The van der Waals surface area contributed by atoms with Crippen molar-refractivity contribution in [2.24, 2.45) is 0 Å². The Labute approximate surface area is 146 Å². The van der Waals surface area contributed by atoms with Gasteiger partial charge in [-0.3, -0.25) is 4.79 Å². The van der Waals surface area contributed by atoms with E-state index in [9.17, 15) is 4.79 Å². The minimum absolute atomic E-state index is 0.152. The lowest BCUT2D eigenvalue weighted by Crippen LogP contribution is -2.13. The summed E-state index contributed by atoms with van der Waals surface area (Å²) in [5.74, 6) is 1.69. The van der Waals surface area contributed by atoms with Crippen molar-refractivity contribution in [1.82, 2.24) is 0 Å². The predicted molar refractivity (Wildman–Crippen MR) is 93.2 cm³/mol. The molecule has 0 unspecified atom stereocenters. The molecular weight excluding hydrogens is 364 g/mol. The minimum atomic E-state index is 0.152. The predicted octanol–water partition coefficient (Wildman–Crippen LogP) is 2.43. The quantitative estimate of drug-likeness (QED) is 0.681. The first-order valence-corrected chi connectivity index (χ1v) is 10.7. The Morgan fingerprint density at radius 3 is 1.36 bits per heavy atom. The highest BCUT2D eigenvalue weighted by atomic mass is 32.2. The topological polar surface area (TPSA) is 54.0 Å². The fourth-order valence-electron chi connectivity index (χ4n) is 1.58. The van der Waals surface area contributed by atoms with Gasteiger partial charge in [0.2, 0.25) is 0 Å². The SMILES string of the molecule is O=c1sc2c(s1)SCCOCCOCCOCCOCCS2. The van der Waals surface area contributed by atoms with Crippen LogP contribution in [0.3, 0.4) is 0 Å². The largest absolute Gasteiger partial charge is 0.378 e. The highest BCUT2D eigenvalue weighted by Crippen LogP contribution is 2.36. The van der Waals surface area contributed by atoms with Crippen LogP contribution in [0.1, 0.15) is 0 Å². The van der Waals surface area contributed by atoms with Crippen LogP contribution in [-0.4, -0.2) is 64.4 Å². The monoisotopic (exact) mass is 384 g/mol. The first-order chi connectivity index (χ1) is 10.9. The van der Waals surface area contributed by atoms with Crippen LogP contribution in [0.2, 0.25) is 0 Å². The summed E-state index contributed by atoms with van der Waals surface area (Å²) in [6, 6.07) is 0. The van der Waals surface area contributed by atoms with E-state index in [2.05, 4.69) is 0 Å². The van der Waals surface area contributed by atoms with Gasteiger partial charge in [0.15, 0.2) is 0 Å². The maximum Gasteiger partial charge on any atom is 0.289 e. The van der Waals surface area contributed by atoms with Gasteiger partial charge in [0.05, 0.1) is 61.3 Å². The van der Waals surface area contributed by atoms with Gasteiger partial charge in [0.1, 0.15) is 0 Å². The van der Waals surface area contributed by atoms with Crippen molar-refractivity contribution in [3.05, 3.63) is 8.85 Å². The summed E-state index contributed by atoms with van der Waals surface area (Å²) in [4.78, 5) is 11.6. The lowest BCUT2D eigenvalue weighted by Gasteiger charge is -2.08. The molecule has 1 aliphatic heterocycles. The van der Waals surface area contributed by atoms with Gasteiger partial charge in [-0.2, -0.15) is 0 Å². The normalized spacial score (nSPS) is 20.7. The van der Waals surface area contributed by atoms with Crippen LogP contribution in [0, 0.1) is 0 Å². The van der Waals surface area contributed by atoms with Crippen LogP contribution < -0.4 is 4.06 Å². The van der Waals surface area contributed by atoms with E-state index in [-0.39, 0.29) is 4.06 Å². The molecule has 0 N–H and O–H groups in total. The molecule has 1 aromatic rings. The van der Waals surface area contributed by atoms with E-state index in [4.69, 9.17) is 18.9 Å². The molecule has 126 valence electrons. The minimum Gasteiger partial charge on any atom is -0.378 e. The Balaban J connectivity index is 1.80. The number of fused-ring (bicyclic) bond motifs is 1. The average Bonchev–Trinajstić information content (AvgIpc) is 2.86. The highest BCUT2D eigenvalue weighted by molar-refractivity contribution is 8.04. The van der Waals surface area contributed by atoms with Crippen molar-refractivity contribution in [3.63, 3.8) is 0 Å². The van der Waals surface area contributed by atoms with E-state index in [0.29, 0.717) is 52.9 Å². The van der Waals surface area contributed by atoms with Crippen molar-refractivity contribution >= 4 is 46.2 Å². The van der Waals surface area contributed by atoms with Gasteiger partial charge in [-0.05, 0) is 0 Å². The lowest BCUT2D eigenvalue weighted by molar-refractivity contribution is 0.00145. The van der Waals surface area contributed by atoms with Crippen LogP contribution in [0.4, 0.5) is 0 Å². The van der Waals surface area contributed by atoms with Crippen LogP contribution in [0.15, 0.2) is 13.2 Å². The van der Waals surface area contributed by atoms with Crippen molar-refractivity contribution in [1.29, 1.82) is 0 Å². The van der Waals surface area contributed by atoms with E-state index in [0.717, 1.165) is 19.9 Å². The number of rotatable bonds is 0. The molecule has 0 aliphatic carbocycles. The van der Waals surface area contributed by atoms with E-state index in [1.807, 2.05) is 0 Å². The molecule has 0 saturated carbocycles. The number of hydrogen-bond donors (Lipinski definition) is 0. The molecule has 0 atom stereocenters. The fourth-order valence-corrected chi connectivity index (χ4v) is 6.67. The zero-order chi connectivity index (χ0) is 15.5. The van der Waals surface area contributed by atoms with Crippen LogP contribution in [0.5, 0.6) is 0 Å². The molecule has 0 aromatic carbocycles. The molecule has 0 bridgehead atoms. The van der Waals surface area contributed by atoms with Crippen molar-refractivity contribution in [2.45, 2.75) is 8.42 Å². The van der Waals surface area contributed by atoms with E-state index in [1.165, 1.54) is 22.7 Å². The lowest BCUT2D eigenvalue weighted by atomic mass is 10.7. The number of ether oxygens (including phenoxy) is 4. The second-order valence-corrected chi connectivity index (χ2v) is 9.13. The van der Waals surface area contributed by atoms with Gasteiger partial charge in [0.25, 0.3) is 4.06 Å². The van der Waals surface area contributed by atoms with E-state index in [1.54, 1.807) is 23.5 Å². The van der Waals surface area contributed by atoms with Crippen LogP contribution >= 0.6 is 46.2 Å². The Kier molecular flexibility index (Phi) is 10.1. The van der Waals surface area contributed by atoms with Crippen molar-refractivity contribution < 1.29 is 18.9 Å². The number of thioether (sulfide) groups is 2. The summed E-state index contributed by atoms with van der Waals surface area (Å²) in [6.07, 6.45) is 0. The van der Waals surface area contributed by atoms with Gasteiger partial charge >= 0.3 is 0 Å².